The van der Waals surface area contributed by atoms with Crippen LogP contribution in [-0.2, 0) is 11.3 Å². The molecule has 0 bridgehead atoms. The molecule has 1 aliphatic heterocycles. The molecule has 6 heteroatoms. The number of hydrogen-bond donors (Lipinski definition) is 3. The fraction of sp³-hybridized carbons (Fsp3) is 0.462. The van der Waals surface area contributed by atoms with Crippen LogP contribution in [0.5, 0.6) is 0 Å². The maximum Gasteiger partial charge on any atom is 0.237 e. The number of halogens is 2. The Hall–Kier alpha value is -0.810. The van der Waals surface area contributed by atoms with Crippen LogP contribution in [0.4, 0.5) is 0 Å². The molecule has 1 aliphatic rings. The van der Waals surface area contributed by atoms with Crippen LogP contribution in [0, 0.1) is 0 Å². The lowest BCUT2D eigenvalue weighted by atomic mass is 9.87. The molecule has 0 aliphatic carbocycles. The van der Waals surface area contributed by atoms with E-state index in [1.165, 1.54) is 5.56 Å². The molecule has 1 saturated heterocycles. The highest BCUT2D eigenvalue weighted by Gasteiger charge is 2.37. The SMILES string of the molecule is Cl.Cl.NC(=O)C1(NCc2ccccc2)CCNCC1. The van der Waals surface area contributed by atoms with Crippen LogP contribution in [0.2, 0.25) is 0 Å². The number of hydrogen-bond acceptors (Lipinski definition) is 3. The number of amides is 1. The van der Waals surface area contributed by atoms with Crippen LogP contribution in [0.15, 0.2) is 30.3 Å². The molecule has 1 aromatic rings. The molecular formula is C13H21Cl2N3O. The average molecular weight is 306 g/mol. The Bertz CT molecular complexity index is 381. The van der Waals surface area contributed by atoms with E-state index in [4.69, 9.17) is 5.73 Å². The van der Waals surface area contributed by atoms with Crippen molar-refractivity contribution in [2.75, 3.05) is 13.1 Å². The summed E-state index contributed by atoms with van der Waals surface area (Å²) in [6.07, 6.45) is 1.52. The summed E-state index contributed by atoms with van der Waals surface area (Å²) in [5.41, 5.74) is 6.17. The third kappa shape index (κ3) is 4.66. The Balaban J connectivity index is 0.00000162. The zero-order valence-electron chi connectivity index (χ0n) is 10.7. The second kappa shape index (κ2) is 8.38. The first-order chi connectivity index (χ1) is 8.23. The van der Waals surface area contributed by atoms with Gasteiger partial charge in [-0.15, -0.1) is 24.8 Å². The summed E-state index contributed by atoms with van der Waals surface area (Å²) >= 11 is 0. The molecule has 2 rings (SSSR count). The first kappa shape index (κ1) is 18.2. The number of benzene rings is 1. The van der Waals surface area contributed by atoms with Crippen molar-refractivity contribution in [3.63, 3.8) is 0 Å². The van der Waals surface area contributed by atoms with Gasteiger partial charge in [-0.25, -0.2) is 0 Å². The Labute approximate surface area is 126 Å². The van der Waals surface area contributed by atoms with Gasteiger partial charge in [0.15, 0.2) is 0 Å². The number of carbonyl (C=O) groups excluding carboxylic acids is 1. The van der Waals surface area contributed by atoms with Crippen LogP contribution in [0.1, 0.15) is 18.4 Å². The summed E-state index contributed by atoms with van der Waals surface area (Å²) in [5, 5.41) is 6.58. The Morgan fingerprint density at radius 1 is 1.21 bits per heavy atom. The molecule has 0 aromatic heterocycles. The number of carbonyl (C=O) groups is 1. The minimum Gasteiger partial charge on any atom is -0.368 e. The largest absolute Gasteiger partial charge is 0.368 e. The second-order valence-electron chi connectivity index (χ2n) is 4.54. The van der Waals surface area contributed by atoms with Gasteiger partial charge >= 0.3 is 0 Å². The second-order valence-corrected chi connectivity index (χ2v) is 4.54. The molecule has 0 radical (unpaired) electrons. The summed E-state index contributed by atoms with van der Waals surface area (Å²) in [6.45, 7) is 2.36. The van der Waals surface area contributed by atoms with Gasteiger partial charge in [0.05, 0.1) is 0 Å². The highest BCUT2D eigenvalue weighted by molar-refractivity contribution is 5.85. The minimum atomic E-state index is -0.541. The Morgan fingerprint density at radius 2 is 1.79 bits per heavy atom. The van der Waals surface area contributed by atoms with Crippen molar-refractivity contribution in [3.8, 4) is 0 Å². The van der Waals surface area contributed by atoms with Crippen LogP contribution in [-0.4, -0.2) is 24.5 Å². The first-order valence-electron chi connectivity index (χ1n) is 6.02. The van der Waals surface area contributed by atoms with Gasteiger partial charge in [-0.2, -0.15) is 0 Å². The predicted molar refractivity (Wildman–Crippen MR) is 81.8 cm³/mol. The maximum absolute atomic E-state index is 11.6. The van der Waals surface area contributed by atoms with Crippen molar-refractivity contribution in [2.45, 2.75) is 24.9 Å². The fourth-order valence-electron chi connectivity index (χ4n) is 2.23. The number of nitrogens with one attached hydrogen (secondary N) is 2. The fourth-order valence-corrected chi connectivity index (χ4v) is 2.23. The molecule has 4 nitrogen and oxygen atoms in total. The molecule has 19 heavy (non-hydrogen) atoms. The number of primary amides is 1. The van der Waals surface area contributed by atoms with Crippen molar-refractivity contribution in [3.05, 3.63) is 35.9 Å². The third-order valence-corrected chi connectivity index (χ3v) is 3.40. The van der Waals surface area contributed by atoms with Gasteiger partial charge in [-0.1, -0.05) is 30.3 Å². The van der Waals surface area contributed by atoms with Crippen molar-refractivity contribution in [1.82, 2.24) is 10.6 Å². The molecule has 4 N–H and O–H groups in total. The highest BCUT2D eigenvalue weighted by atomic mass is 35.5. The number of piperidine rings is 1. The van der Waals surface area contributed by atoms with Gasteiger partial charge in [0.2, 0.25) is 5.91 Å². The zero-order chi connectivity index (χ0) is 12.1. The van der Waals surface area contributed by atoms with E-state index in [-0.39, 0.29) is 30.7 Å². The molecule has 108 valence electrons. The van der Waals surface area contributed by atoms with E-state index >= 15 is 0 Å². The monoisotopic (exact) mass is 305 g/mol. The highest BCUT2D eigenvalue weighted by Crippen LogP contribution is 2.18. The molecular weight excluding hydrogens is 285 g/mol. The first-order valence-corrected chi connectivity index (χ1v) is 6.02. The molecule has 0 atom stereocenters. The van der Waals surface area contributed by atoms with Crippen LogP contribution in [0.25, 0.3) is 0 Å². The quantitative estimate of drug-likeness (QED) is 0.784. The van der Waals surface area contributed by atoms with E-state index in [2.05, 4.69) is 10.6 Å². The van der Waals surface area contributed by atoms with Crippen molar-refractivity contribution in [1.29, 1.82) is 0 Å². The summed E-state index contributed by atoms with van der Waals surface area (Å²) in [4.78, 5) is 11.6. The number of rotatable bonds is 4. The van der Waals surface area contributed by atoms with Gasteiger partial charge in [0, 0.05) is 6.54 Å². The maximum atomic E-state index is 11.6. The standard InChI is InChI=1S/C13H19N3O.2ClH/c14-12(17)13(6-8-15-9-7-13)16-10-11-4-2-1-3-5-11;;/h1-5,15-16H,6-10H2,(H2,14,17);2*1H. The molecule has 1 fully saturated rings. The van der Waals surface area contributed by atoms with E-state index in [9.17, 15) is 4.79 Å². The topological polar surface area (TPSA) is 67.2 Å². The smallest absolute Gasteiger partial charge is 0.237 e. The minimum absolute atomic E-state index is 0. The van der Waals surface area contributed by atoms with Crippen LogP contribution in [0.3, 0.4) is 0 Å². The molecule has 1 amide bonds. The zero-order valence-corrected chi connectivity index (χ0v) is 12.4. The number of nitrogens with two attached hydrogens (primary N) is 1. The van der Waals surface area contributed by atoms with E-state index in [1.807, 2.05) is 30.3 Å². The van der Waals surface area contributed by atoms with Gasteiger partial charge in [-0.05, 0) is 31.5 Å². The van der Waals surface area contributed by atoms with Gasteiger partial charge < -0.3 is 11.1 Å². The van der Waals surface area contributed by atoms with Crippen molar-refractivity contribution < 1.29 is 4.79 Å². The summed E-state index contributed by atoms with van der Waals surface area (Å²) < 4.78 is 0. The summed E-state index contributed by atoms with van der Waals surface area (Å²) in [6, 6.07) is 10.1. The molecule has 0 spiro atoms. The van der Waals surface area contributed by atoms with Crippen molar-refractivity contribution >= 4 is 30.7 Å². The molecule has 1 heterocycles. The Kier molecular flexibility index (Phi) is 8.02. The summed E-state index contributed by atoms with van der Waals surface area (Å²) in [5.74, 6) is -0.241. The van der Waals surface area contributed by atoms with Gasteiger partial charge in [0.1, 0.15) is 5.54 Å². The van der Waals surface area contributed by atoms with E-state index in [1.54, 1.807) is 0 Å². The third-order valence-electron chi connectivity index (χ3n) is 3.40. The van der Waals surface area contributed by atoms with Crippen LogP contribution >= 0.6 is 24.8 Å². The van der Waals surface area contributed by atoms with Gasteiger partial charge in [-0.3, -0.25) is 10.1 Å². The van der Waals surface area contributed by atoms with E-state index in [0.717, 1.165) is 25.9 Å². The van der Waals surface area contributed by atoms with Crippen LogP contribution < -0.4 is 16.4 Å². The lowest BCUT2D eigenvalue weighted by Gasteiger charge is -2.35. The van der Waals surface area contributed by atoms with Crippen molar-refractivity contribution in [2.24, 2.45) is 5.73 Å². The predicted octanol–water partition coefficient (Wildman–Crippen LogP) is 1.23. The van der Waals surface area contributed by atoms with Gasteiger partial charge in [0.25, 0.3) is 0 Å². The molecule has 1 aromatic carbocycles. The van der Waals surface area contributed by atoms with E-state index in [0.29, 0.717) is 6.54 Å². The lowest BCUT2D eigenvalue weighted by molar-refractivity contribution is -0.125. The molecule has 0 unspecified atom stereocenters. The average Bonchev–Trinajstić information content (AvgIpc) is 2.38. The normalized spacial score (nSPS) is 16.8. The lowest BCUT2D eigenvalue weighted by Crippen LogP contribution is -2.59. The molecule has 0 saturated carbocycles. The van der Waals surface area contributed by atoms with E-state index < -0.39 is 5.54 Å². The summed E-state index contributed by atoms with van der Waals surface area (Å²) in [7, 11) is 0. The Morgan fingerprint density at radius 3 is 2.32 bits per heavy atom.